The normalized spacial score (nSPS) is 10.5. The number of benzene rings is 2. The smallest absolute Gasteiger partial charge is 0.332 e. The molecule has 0 aliphatic carbocycles. The van der Waals surface area contributed by atoms with Gasteiger partial charge in [0.2, 0.25) is 0 Å². The van der Waals surface area contributed by atoms with Crippen LogP contribution in [0.25, 0.3) is 22.4 Å². The topological polar surface area (TPSA) is 91.4 Å². The van der Waals surface area contributed by atoms with Crippen molar-refractivity contribution < 1.29 is 19.5 Å². The second-order valence-corrected chi connectivity index (χ2v) is 6.75. The number of carbonyl (C=O) groups is 2. The molecule has 2 aromatic carbocycles. The number of hydroxylamine groups is 1. The molecule has 0 aliphatic rings. The molecule has 29 heavy (non-hydrogen) atoms. The molecule has 1 heterocycles. The Balaban J connectivity index is 1.83. The summed E-state index contributed by atoms with van der Waals surface area (Å²) in [7, 11) is 0. The number of aromatic nitrogens is 1. The van der Waals surface area contributed by atoms with Crippen molar-refractivity contribution in [1.82, 2.24) is 10.5 Å². The van der Waals surface area contributed by atoms with Crippen LogP contribution in [-0.4, -0.2) is 22.0 Å². The summed E-state index contributed by atoms with van der Waals surface area (Å²) in [5, 5.41) is 9.55. The van der Waals surface area contributed by atoms with Crippen molar-refractivity contribution in [3.63, 3.8) is 0 Å². The molecule has 6 heteroatoms. The molecule has 0 spiro atoms. The fraction of sp³-hybridized carbons (Fsp3) is 0.217. The van der Waals surface area contributed by atoms with E-state index in [0.717, 1.165) is 36.1 Å². The highest BCUT2D eigenvalue weighted by Gasteiger charge is 2.19. The molecule has 0 saturated carbocycles. The van der Waals surface area contributed by atoms with Gasteiger partial charge >= 0.3 is 11.9 Å². The van der Waals surface area contributed by atoms with E-state index < -0.39 is 11.9 Å². The van der Waals surface area contributed by atoms with Crippen LogP contribution in [0.2, 0.25) is 0 Å². The van der Waals surface area contributed by atoms with Crippen LogP contribution in [0.15, 0.2) is 60.7 Å². The number of hydrogen-bond donors (Lipinski definition) is 3. The number of aromatic amines is 1. The van der Waals surface area contributed by atoms with Crippen molar-refractivity contribution in [3.8, 4) is 28.1 Å². The molecule has 0 bridgehead atoms. The first kappa shape index (κ1) is 20.2. The van der Waals surface area contributed by atoms with Crippen molar-refractivity contribution >= 4 is 11.9 Å². The molecule has 0 aliphatic heterocycles. The van der Waals surface area contributed by atoms with Crippen LogP contribution in [0.4, 0.5) is 0 Å². The summed E-state index contributed by atoms with van der Waals surface area (Å²) in [5.41, 5.74) is 5.59. The first-order chi connectivity index (χ1) is 14.1. The third-order valence-electron chi connectivity index (χ3n) is 4.55. The van der Waals surface area contributed by atoms with Crippen molar-refractivity contribution in [2.24, 2.45) is 0 Å². The van der Waals surface area contributed by atoms with E-state index in [1.54, 1.807) is 24.3 Å². The Morgan fingerprint density at radius 2 is 1.72 bits per heavy atom. The summed E-state index contributed by atoms with van der Waals surface area (Å²) in [4.78, 5) is 32.6. The average Bonchev–Trinajstić information content (AvgIpc) is 3.19. The Morgan fingerprint density at radius 1 is 1.00 bits per heavy atom. The van der Waals surface area contributed by atoms with E-state index in [-0.39, 0.29) is 17.9 Å². The number of amides is 1. The lowest BCUT2D eigenvalue weighted by atomic mass is 10.0. The number of rotatable bonds is 7. The maximum absolute atomic E-state index is 12.7. The van der Waals surface area contributed by atoms with Crippen LogP contribution in [0.3, 0.4) is 0 Å². The lowest BCUT2D eigenvalue weighted by Gasteiger charge is -2.07. The zero-order valence-corrected chi connectivity index (χ0v) is 16.3. The standard InChI is InChI=1S/C23H24N2O4/c1-2-3-5-10-21(27)29-25-23(28)22-19(16-11-13-18(26)14-12-16)15-20(24-22)17-8-6-4-7-9-17/h4,6-9,11-15,24,26H,2-3,5,10H2,1H3,(H,25,28). The molecule has 0 fully saturated rings. The highest BCUT2D eigenvalue weighted by molar-refractivity contribution is 6.00. The van der Waals surface area contributed by atoms with Crippen LogP contribution in [0.1, 0.15) is 43.1 Å². The molecule has 150 valence electrons. The van der Waals surface area contributed by atoms with Crippen LogP contribution in [0, 0.1) is 0 Å². The molecule has 3 rings (SSSR count). The molecule has 1 amide bonds. The zero-order valence-electron chi connectivity index (χ0n) is 16.3. The summed E-state index contributed by atoms with van der Waals surface area (Å²) in [6.45, 7) is 2.05. The Labute approximate surface area is 169 Å². The third kappa shape index (κ3) is 5.25. The number of carbonyl (C=O) groups excluding carboxylic acids is 2. The highest BCUT2D eigenvalue weighted by Crippen LogP contribution is 2.30. The molecule has 0 unspecified atom stereocenters. The summed E-state index contributed by atoms with van der Waals surface area (Å²) < 4.78 is 0. The minimum atomic E-state index is -0.543. The second kappa shape index (κ2) is 9.59. The predicted octanol–water partition coefficient (Wildman–Crippen LogP) is 4.82. The summed E-state index contributed by atoms with van der Waals surface area (Å²) in [6, 6.07) is 18.0. The highest BCUT2D eigenvalue weighted by atomic mass is 16.7. The van der Waals surface area contributed by atoms with Gasteiger partial charge < -0.3 is 14.9 Å². The van der Waals surface area contributed by atoms with Crippen molar-refractivity contribution in [3.05, 3.63) is 66.4 Å². The number of phenols is 1. The van der Waals surface area contributed by atoms with Gasteiger partial charge in [-0.2, -0.15) is 5.48 Å². The van der Waals surface area contributed by atoms with E-state index in [2.05, 4.69) is 10.5 Å². The van der Waals surface area contributed by atoms with Crippen molar-refractivity contribution in [2.75, 3.05) is 0 Å². The van der Waals surface area contributed by atoms with Crippen molar-refractivity contribution in [2.45, 2.75) is 32.6 Å². The van der Waals surface area contributed by atoms with E-state index in [1.807, 2.05) is 43.3 Å². The number of aromatic hydroxyl groups is 1. The second-order valence-electron chi connectivity index (χ2n) is 6.75. The van der Waals surface area contributed by atoms with E-state index in [9.17, 15) is 14.7 Å². The summed E-state index contributed by atoms with van der Waals surface area (Å²) in [5.74, 6) is -0.869. The largest absolute Gasteiger partial charge is 0.508 e. The predicted molar refractivity (Wildman–Crippen MR) is 111 cm³/mol. The minimum absolute atomic E-state index is 0.138. The molecule has 3 aromatic rings. The quantitative estimate of drug-likeness (QED) is 0.397. The number of phenolic OH excluding ortho intramolecular Hbond substituents is 1. The zero-order chi connectivity index (χ0) is 20.6. The van der Waals surface area contributed by atoms with Gasteiger partial charge in [0.05, 0.1) is 0 Å². The maximum atomic E-state index is 12.7. The van der Waals surface area contributed by atoms with Gasteiger partial charge in [-0.25, -0.2) is 4.79 Å². The number of nitrogens with one attached hydrogen (secondary N) is 2. The van der Waals surface area contributed by atoms with Gasteiger partial charge in [0, 0.05) is 17.7 Å². The Bertz CT molecular complexity index is 962. The number of H-pyrrole nitrogens is 1. The fourth-order valence-corrected chi connectivity index (χ4v) is 3.00. The van der Waals surface area contributed by atoms with E-state index in [4.69, 9.17) is 4.84 Å². The van der Waals surface area contributed by atoms with E-state index in [0.29, 0.717) is 5.56 Å². The lowest BCUT2D eigenvalue weighted by molar-refractivity contribution is -0.149. The van der Waals surface area contributed by atoms with Gasteiger partial charge in [0.1, 0.15) is 11.4 Å². The van der Waals surface area contributed by atoms with Gasteiger partial charge in [-0.05, 0) is 35.7 Å². The Hall–Kier alpha value is -3.54. The molecule has 0 atom stereocenters. The minimum Gasteiger partial charge on any atom is -0.508 e. The molecular formula is C23H24N2O4. The number of hydrogen-bond acceptors (Lipinski definition) is 4. The molecule has 1 aromatic heterocycles. The van der Waals surface area contributed by atoms with E-state index >= 15 is 0 Å². The summed E-state index contributed by atoms with van der Waals surface area (Å²) >= 11 is 0. The van der Waals surface area contributed by atoms with Gasteiger partial charge in [0.15, 0.2) is 0 Å². The first-order valence-electron chi connectivity index (χ1n) is 9.66. The maximum Gasteiger partial charge on any atom is 0.332 e. The lowest BCUT2D eigenvalue weighted by Crippen LogP contribution is -2.27. The van der Waals surface area contributed by atoms with Crippen LogP contribution in [0.5, 0.6) is 5.75 Å². The fourth-order valence-electron chi connectivity index (χ4n) is 3.00. The van der Waals surface area contributed by atoms with Gasteiger partial charge in [-0.3, -0.25) is 4.79 Å². The molecule has 6 nitrogen and oxygen atoms in total. The molecule has 0 radical (unpaired) electrons. The monoisotopic (exact) mass is 392 g/mol. The van der Waals surface area contributed by atoms with Gasteiger partial charge in [0.25, 0.3) is 0 Å². The molecule has 0 saturated heterocycles. The molecular weight excluding hydrogens is 368 g/mol. The summed E-state index contributed by atoms with van der Waals surface area (Å²) in [6.07, 6.45) is 2.93. The van der Waals surface area contributed by atoms with Crippen LogP contribution < -0.4 is 5.48 Å². The van der Waals surface area contributed by atoms with Crippen molar-refractivity contribution in [1.29, 1.82) is 0 Å². The first-order valence-corrected chi connectivity index (χ1v) is 9.66. The molecule has 3 N–H and O–H groups in total. The average molecular weight is 392 g/mol. The van der Waals surface area contributed by atoms with E-state index in [1.165, 1.54) is 0 Å². The number of unbranched alkanes of at least 4 members (excludes halogenated alkanes) is 2. The van der Waals surface area contributed by atoms with Gasteiger partial charge in [-0.15, -0.1) is 0 Å². The van der Waals surface area contributed by atoms with Crippen LogP contribution in [-0.2, 0) is 9.63 Å². The van der Waals surface area contributed by atoms with Gasteiger partial charge in [-0.1, -0.05) is 62.2 Å². The third-order valence-corrected chi connectivity index (χ3v) is 4.55. The Morgan fingerprint density at radius 3 is 2.41 bits per heavy atom. The van der Waals surface area contributed by atoms with Crippen LogP contribution >= 0.6 is 0 Å². The SMILES string of the molecule is CCCCCC(=O)ONC(=O)c1[nH]c(-c2ccccc2)cc1-c1ccc(O)cc1. The Kier molecular flexibility index (Phi) is 6.68.